The molecule has 0 atom stereocenters. The van der Waals surface area contributed by atoms with Gasteiger partial charge in [-0.05, 0) is 45.3 Å². The van der Waals surface area contributed by atoms with Crippen molar-refractivity contribution >= 4 is 5.84 Å². The number of allylic oxidation sites excluding steroid dienone is 3. The maximum atomic E-state index is 5.78. The van der Waals surface area contributed by atoms with Crippen LogP contribution in [-0.2, 0) is 0 Å². The van der Waals surface area contributed by atoms with Crippen molar-refractivity contribution in [3.8, 4) is 0 Å². The van der Waals surface area contributed by atoms with E-state index in [0.29, 0.717) is 5.84 Å². The van der Waals surface area contributed by atoms with Crippen molar-refractivity contribution in [2.45, 2.75) is 34.1 Å². The van der Waals surface area contributed by atoms with Gasteiger partial charge < -0.3 is 5.73 Å². The van der Waals surface area contributed by atoms with Crippen molar-refractivity contribution in [1.29, 1.82) is 0 Å². The molecule has 0 aromatic heterocycles. The average molecular weight is 164 g/mol. The zero-order valence-corrected chi connectivity index (χ0v) is 8.23. The predicted octanol–water partition coefficient (Wildman–Crippen LogP) is 2.38. The third-order valence-electron chi connectivity index (χ3n) is 2.46. The van der Waals surface area contributed by atoms with Gasteiger partial charge in [-0.15, -0.1) is 0 Å². The molecule has 0 aliphatic carbocycles. The summed E-state index contributed by atoms with van der Waals surface area (Å²) in [5.41, 5.74) is 10.6. The number of rotatable bonds is 0. The highest BCUT2D eigenvalue weighted by Gasteiger charge is 2.08. The molecular formula is C10H16N2. The monoisotopic (exact) mass is 164 g/mol. The number of amidine groups is 1. The Bertz CT molecular complexity index is 293. The lowest BCUT2D eigenvalue weighted by atomic mass is 10.0. The van der Waals surface area contributed by atoms with Crippen molar-refractivity contribution in [3.05, 3.63) is 22.4 Å². The summed E-state index contributed by atoms with van der Waals surface area (Å²) < 4.78 is 0. The quantitative estimate of drug-likeness (QED) is 0.586. The van der Waals surface area contributed by atoms with E-state index in [9.17, 15) is 0 Å². The van der Waals surface area contributed by atoms with Gasteiger partial charge in [0.05, 0.1) is 0 Å². The summed E-state index contributed by atoms with van der Waals surface area (Å²) in [7, 11) is 0. The van der Waals surface area contributed by atoms with Crippen LogP contribution in [0.1, 0.15) is 34.1 Å². The molecule has 0 aromatic carbocycles. The molecular weight excluding hydrogens is 148 g/mol. The second-order valence-electron chi connectivity index (χ2n) is 3.44. The van der Waals surface area contributed by atoms with E-state index in [1.807, 2.05) is 13.8 Å². The molecule has 66 valence electrons. The minimum Gasteiger partial charge on any atom is -0.383 e. The van der Waals surface area contributed by atoms with Crippen LogP contribution in [0.4, 0.5) is 0 Å². The molecule has 12 heavy (non-hydrogen) atoms. The molecule has 1 heterocycles. The van der Waals surface area contributed by atoms with Gasteiger partial charge in [-0.3, -0.25) is 0 Å². The third-order valence-corrected chi connectivity index (χ3v) is 2.46. The molecule has 2 N–H and O–H groups in total. The summed E-state index contributed by atoms with van der Waals surface area (Å²) in [5.74, 6) is 0.668. The minimum atomic E-state index is 0.668. The highest BCUT2D eigenvalue weighted by molar-refractivity contribution is 5.98. The molecule has 0 aromatic rings. The first-order valence-corrected chi connectivity index (χ1v) is 4.19. The van der Waals surface area contributed by atoms with Gasteiger partial charge in [0.2, 0.25) is 0 Å². The van der Waals surface area contributed by atoms with Gasteiger partial charge in [-0.25, -0.2) is 4.99 Å². The maximum absolute atomic E-state index is 5.78. The molecule has 0 radical (unpaired) electrons. The Morgan fingerprint density at radius 3 is 2.25 bits per heavy atom. The Labute approximate surface area is 73.9 Å². The van der Waals surface area contributed by atoms with E-state index in [4.69, 9.17) is 5.73 Å². The van der Waals surface area contributed by atoms with E-state index in [1.54, 1.807) is 0 Å². The second-order valence-corrected chi connectivity index (χ2v) is 3.44. The molecule has 0 bridgehead atoms. The van der Waals surface area contributed by atoms with E-state index < -0.39 is 0 Å². The number of nitrogens with zero attached hydrogens (tertiary/aromatic N) is 1. The Morgan fingerprint density at radius 1 is 1.08 bits per heavy atom. The van der Waals surface area contributed by atoms with Gasteiger partial charge in [0, 0.05) is 5.70 Å². The van der Waals surface area contributed by atoms with E-state index in [-0.39, 0.29) is 0 Å². The lowest BCUT2D eigenvalue weighted by molar-refractivity contribution is 1.06. The van der Waals surface area contributed by atoms with Crippen LogP contribution in [0.5, 0.6) is 0 Å². The van der Waals surface area contributed by atoms with Crippen LogP contribution in [0.3, 0.4) is 0 Å². The van der Waals surface area contributed by atoms with E-state index in [0.717, 1.165) is 17.7 Å². The zero-order chi connectivity index (χ0) is 9.30. The number of hydrogen-bond donors (Lipinski definition) is 1. The number of aliphatic imine (C=N–C) groups is 1. The first kappa shape index (κ1) is 9.04. The molecule has 0 spiro atoms. The molecule has 1 rings (SSSR count). The van der Waals surface area contributed by atoms with Gasteiger partial charge >= 0.3 is 0 Å². The number of nitrogens with two attached hydrogens (primary N) is 1. The third kappa shape index (κ3) is 1.58. The summed E-state index contributed by atoms with van der Waals surface area (Å²) in [6, 6.07) is 0. The minimum absolute atomic E-state index is 0.668. The normalized spacial score (nSPS) is 19.5. The summed E-state index contributed by atoms with van der Waals surface area (Å²) in [4.78, 5) is 4.31. The topological polar surface area (TPSA) is 38.4 Å². The SMILES string of the molecule is CC1=C(C)N=C(N)C(C)=C(C)C1. The highest BCUT2D eigenvalue weighted by Crippen LogP contribution is 2.21. The highest BCUT2D eigenvalue weighted by atomic mass is 14.9. The standard InChI is InChI=1S/C10H16N2/c1-6-5-7(2)9(4)12-10(11)8(6)3/h5H2,1-4H3,(H2,11,12). The molecule has 0 saturated heterocycles. The molecule has 1 aliphatic rings. The lowest BCUT2D eigenvalue weighted by Crippen LogP contribution is -2.13. The van der Waals surface area contributed by atoms with Gasteiger partial charge in [0.25, 0.3) is 0 Å². The van der Waals surface area contributed by atoms with Gasteiger partial charge in [-0.1, -0.05) is 5.57 Å². The summed E-state index contributed by atoms with van der Waals surface area (Å²) in [5, 5.41) is 0. The molecule has 2 heteroatoms. The van der Waals surface area contributed by atoms with Gasteiger partial charge in [-0.2, -0.15) is 0 Å². The average Bonchev–Trinajstić information content (AvgIpc) is 2.07. The molecule has 0 fully saturated rings. The second kappa shape index (κ2) is 3.13. The predicted molar refractivity (Wildman–Crippen MR) is 53.0 cm³/mol. The lowest BCUT2D eigenvalue weighted by Gasteiger charge is -2.02. The fraction of sp³-hybridized carbons (Fsp3) is 0.500. The van der Waals surface area contributed by atoms with E-state index in [1.165, 1.54) is 11.1 Å². The van der Waals surface area contributed by atoms with Crippen molar-refractivity contribution in [3.63, 3.8) is 0 Å². The largest absolute Gasteiger partial charge is 0.383 e. The smallest absolute Gasteiger partial charge is 0.126 e. The fourth-order valence-electron chi connectivity index (χ4n) is 1.24. The summed E-state index contributed by atoms with van der Waals surface area (Å²) in [6.45, 7) is 8.25. The van der Waals surface area contributed by atoms with Crippen molar-refractivity contribution < 1.29 is 0 Å². The van der Waals surface area contributed by atoms with E-state index >= 15 is 0 Å². The number of hydrogen-bond acceptors (Lipinski definition) is 2. The first-order valence-electron chi connectivity index (χ1n) is 4.19. The van der Waals surface area contributed by atoms with Gasteiger partial charge in [0.1, 0.15) is 5.84 Å². The first-order chi connectivity index (χ1) is 5.52. The van der Waals surface area contributed by atoms with Crippen LogP contribution in [0.25, 0.3) is 0 Å². The molecule has 0 unspecified atom stereocenters. The molecule has 0 amide bonds. The Balaban J connectivity index is 3.16. The molecule has 1 aliphatic heterocycles. The van der Waals surface area contributed by atoms with E-state index in [2.05, 4.69) is 18.8 Å². The van der Waals surface area contributed by atoms with Crippen molar-refractivity contribution in [1.82, 2.24) is 0 Å². The molecule has 2 nitrogen and oxygen atoms in total. The van der Waals surface area contributed by atoms with Crippen LogP contribution < -0.4 is 5.73 Å². The van der Waals surface area contributed by atoms with Crippen molar-refractivity contribution in [2.75, 3.05) is 0 Å². The van der Waals surface area contributed by atoms with Crippen LogP contribution in [-0.4, -0.2) is 5.84 Å². The van der Waals surface area contributed by atoms with Crippen LogP contribution in [0.2, 0.25) is 0 Å². The maximum Gasteiger partial charge on any atom is 0.126 e. The molecule has 0 saturated carbocycles. The Morgan fingerprint density at radius 2 is 1.67 bits per heavy atom. The summed E-state index contributed by atoms with van der Waals surface area (Å²) in [6.07, 6.45) is 1.00. The van der Waals surface area contributed by atoms with Gasteiger partial charge in [0.15, 0.2) is 0 Å². The summed E-state index contributed by atoms with van der Waals surface area (Å²) >= 11 is 0. The van der Waals surface area contributed by atoms with Crippen LogP contribution in [0, 0.1) is 0 Å². The fourth-order valence-corrected chi connectivity index (χ4v) is 1.24. The van der Waals surface area contributed by atoms with Crippen LogP contribution in [0.15, 0.2) is 27.4 Å². The Hall–Kier alpha value is -1.05. The zero-order valence-electron chi connectivity index (χ0n) is 8.23. The Kier molecular flexibility index (Phi) is 2.36. The van der Waals surface area contributed by atoms with Crippen molar-refractivity contribution in [2.24, 2.45) is 10.7 Å². The van der Waals surface area contributed by atoms with Crippen LogP contribution >= 0.6 is 0 Å².